The molecule has 2 N–H and O–H groups in total. The predicted molar refractivity (Wildman–Crippen MR) is 108 cm³/mol. The summed E-state index contributed by atoms with van der Waals surface area (Å²) in [6.45, 7) is 2.78. The molecule has 4 rings (SSSR count). The van der Waals surface area contributed by atoms with Crippen LogP contribution in [0.3, 0.4) is 0 Å². The van der Waals surface area contributed by atoms with E-state index in [4.69, 9.17) is 0 Å². The van der Waals surface area contributed by atoms with Crippen LogP contribution in [0.15, 0.2) is 24.3 Å². The Kier molecular flexibility index (Phi) is 6.50. The van der Waals surface area contributed by atoms with Gasteiger partial charge in [-0.3, -0.25) is 9.89 Å². The minimum Gasteiger partial charge on any atom is -0.339 e. The van der Waals surface area contributed by atoms with Gasteiger partial charge in [-0.15, -0.1) is 12.4 Å². The van der Waals surface area contributed by atoms with Crippen LogP contribution in [-0.2, 0) is 0 Å². The number of nitrogens with one attached hydrogen (secondary N) is 2. The van der Waals surface area contributed by atoms with E-state index in [0.29, 0.717) is 5.92 Å². The number of benzene rings is 1. The fraction of sp³-hybridized carbons (Fsp3) is 0.550. The second-order valence-corrected chi connectivity index (χ2v) is 7.52. The van der Waals surface area contributed by atoms with Crippen LogP contribution >= 0.6 is 12.4 Å². The molecule has 27 heavy (non-hydrogen) atoms. The first-order valence-electron chi connectivity index (χ1n) is 9.71. The fourth-order valence-electron chi connectivity index (χ4n) is 3.66. The molecule has 1 saturated carbocycles. The van der Waals surface area contributed by atoms with Gasteiger partial charge in [0.05, 0.1) is 0 Å². The molecule has 7 heteroatoms. The Hall–Kier alpha value is -1.92. The minimum absolute atomic E-state index is 0. The third kappa shape index (κ3) is 4.68. The van der Waals surface area contributed by atoms with Gasteiger partial charge in [-0.05, 0) is 63.7 Å². The van der Waals surface area contributed by atoms with Gasteiger partial charge in [0.15, 0.2) is 5.82 Å². The number of hydrogen-bond acceptors (Lipinski definition) is 4. The summed E-state index contributed by atoms with van der Waals surface area (Å²) in [4.78, 5) is 19.3. The molecule has 1 aliphatic carbocycles. The molecule has 1 saturated heterocycles. The van der Waals surface area contributed by atoms with Gasteiger partial charge in [0, 0.05) is 30.1 Å². The van der Waals surface area contributed by atoms with Crippen LogP contribution in [0, 0.1) is 5.92 Å². The topological polar surface area (TPSA) is 73.9 Å². The van der Waals surface area contributed by atoms with Crippen molar-refractivity contribution >= 4 is 18.3 Å². The summed E-state index contributed by atoms with van der Waals surface area (Å²) in [5.41, 5.74) is 1.70. The fourth-order valence-corrected chi connectivity index (χ4v) is 3.66. The van der Waals surface area contributed by atoms with Gasteiger partial charge in [-0.25, -0.2) is 4.98 Å². The number of halogens is 1. The second-order valence-electron chi connectivity index (χ2n) is 7.52. The SMILES string of the molecule is CNCCC1CCN(C(=O)c2ccc(-c3n[nH]c(C4CC4)n3)cc2)CC1.Cl. The molecule has 0 atom stereocenters. The molecule has 1 aliphatic heterocycles. The van der Waals surface area contributed by atoms with Crippen molar-refractivity contribution in [1.82, 2.24) is 25.4 Å². The molecule has 1 aromatic heterocycles. The largest absolute Gasteiger partial charge is 0.339 e. The van der Waals surface area contributed by atoms with Gasteiger partial charge in [-0.1, -0.05) is 12.1 Å². The summed E-state index contributed by atoms with van der Waals surface area (Å²) < 4.78 is 0. The normalized spacial score (nSPS) is 17.6. The number of aromatic amines is 1. The van der Waals surface area contributed by atoms with Gasteiger partial charge >= 0.3 is 0 Å². The molecule has 2 fully saturated rings. The molecular weight excluding hydrogens is 362 g/mol. The number of rotatable bonds is 6. The molecule has 0 unspecified atom stereocenters. The number of piperidine rings is 1. The van der Waals surface area contributed by atoms with E-state index in [1.54, 1.807) is 0 Å². The maximum absolute atomic E-state index is 12.7. The molecule has 146 valence electrons. The number of hydrogen-bond donors (Lipinski definition) is 2. The van der Waals surface area contributed by atoms with E-state index >= 15 is 0 Å². The first-order chi connectivity index (χ1) is 12.7. The van der Waals surface area contributed by atoms with Crippen molar-refractivity contribution in [3.05, 3.63) is 35.7 Å². The number of likely N-dealkylation sites (tertiary alicyclic amines) is 1. The average molecular weight is 390 g/mol. The minimum atomic E-state index is 0. The van der Waals surface area contributed by atoms with Crippen LogP contribution in [0.2, 0.25) is 0 Å². The van der Waals surface area contributed by atoms with E-state index in [-0.39, 0.29) is 18.3 Å². The quantitative estimate of drug-likeness (QED) is 0.795. The molecule has 2 heterocycles. The van der Waals surface area contributed by atoms with Crippen molar-refractivity contribution < 1.29 is 4.79 Å². The van der Waals surface area contributed by atoms with E-state index in [0.717, 1.165) is 61.2 Å². The maximum Gasteiger partial charge on any atom is 0.253 e. The van der Waals surface area contributed by atoms with Gasteiger partial charge < -0.3 is 10.2 Å². The lowest BCUT2D eigenvalue weighted by atomic mass is 9.93. The number of nitrogens with zero attached hydrogens (tertiary/aromatic N) is 3. The third-order valence-electron chi connectivity index (χ3n) is 5.56. The number of H-pyrrole nitrogens is 1. The number of carbonyl (C=O) groups excluding carboxylic acids is 1. The predicted octanol–water partition coefficient (Wildman–Crippen LogP) is 3.23. The smallest absolute Gasteiger partial charge is 0.253 e. The van der Waals surface area contributed by atoms with Crippen LogP contribution in [0.4, 0.5) is 0 Å². The highest BCUT2D eigenvalue weighted by molar-refractivity contribution is 5.94. The standard InChI is InChI=1S/C20H27N5O.ClH/c1-21-11-8-14-9-12-25(13-10-14)20(26)17-6-4-16(5-7-17)19-22-18(23-24-19)15-2-3-15;/h4-7,14-15,21H,2-3,8-13H2,1H3,(H,22,23,24);1H. The monoisotopic (exact) mass is 389 g/mol. The lowest BCUT2D eigenvalue weighted by Crippen LogP contribution is -2.38. The number of amides is 1. The van der Waals surface area contributed by atoms with E-state index in [1.165, 1.54) is 19.3 Å². The van der Waals surface area contributed by atoms with E-state index < -0.39 is 0 Å². The van der Waals surface area contributed by atoms with Crippen LogP contribution in [0.25, 0.3) is 11.4 Å². The van der Waals surface area contributed by atoms with E-state index in [9.17, 15) is 4.79 Å². The zero-order valence-corrected chi connectivity index (χ0v) is 16.6. The van der Waals surface area contributed by atoms with Gasteiger partial charge in [0.25, 0.3) is 5.91 Å². The Labute approximate surface area is 166 Å². The van der Waals surface area contributed by atoms with Crippen molar-refractivity contribution in [1.29, 1.82) is 0 Å². The Morgan fingerprint density at radius 1 is 1.19 bits per heavy atom. The second kappa shape index (κ2) is 8.85. The first kappa shape index (κ1) is 19.8. The van der Waals surface area contributed by atoms with Crippen LogP contribution in [0.5, 0.6) is 0 Å². The molecule has 0 radical (unpaired) electrons. The molecule has 0 bridgehead atoms. The summed E-state index contributed by atoms with van der Waals surface area (Å²) in [6.07, 6.45) is 5.81. The summed E-state index contributed by atoms with van der Waals surface area (Å²) in [7, 11) is 1.99. The van der Waals surface area contributed by atoms with Crippen LogP contribution in [0.1, 0.15) is 54.2 Å². The Morgan fingerprint density at radius 3 is 2.52 bits per heavy atom. The van der Waals surface area contributed by atoms with Crippen molar-refractivity contribution in [2.75, 3.05) is 26.7 Å². The van der Waals surface area contributed by atoms with Crippen molar-refractivity contribution in [3.63, 3.8) is 0 Å². The lowest BCUT2D eigenvalue weighted by molar-refractivity contribution is 0.0687. The Balaban J connectivity index is 0.00000210. The van der Waals surface area contributed by atoms with Crippen molar-refractivity contribution in [3.8, 4) is 11.4 Å². The Morgan fingerprint density at radius 2 is 1.89 bits per heavy atom. The maximum atomic E-state index is 12.7. The van der Waals surface area contributed by atoms with Gasteiger partial charge in [0.2, 0.25) is 0 Å². The summed E-state index contributed by atoms with van der Waals surface area (Å²) >= 11 is 0. The highest BCUT2D eigenvalue weighted by atomic mass is 35.5. The third-order valence-corrected chi connectivity index (χ3v) is 5.56. The first-order valence-corrected chi connectivity index (χ1v) is 9.71. The number of aromatic nitrogens is 3. The van der Waals surface area contributed by atoms with Crippen LogP contribution < -0.4 is 5.32 Å². The zero-order valence-electron chi connectivity index (χ0n) is 15.8. The zero-order chi connectivity index (χ0) is 17.9. The van der Waals surface area contributed by atoms with Crippen LogP contribution in [-0.4, -0.2) is 52.7 Å². The van der Waals surface area contributed by atoms with Crippen molar-refractivity contribution in [2.45, 2.75) is 38.0 Å². The summed E-state index contributed by atoms with van der Waals surface area (Å²) in [6, 6.07) is 7.70. The lowest BCUT2D eigenvalue weighted by Gasteiger charge is -2.32. The van der Waals surface area contributed by atoms with Gasteiger partial charge in [-0.2, -0.15) is 5.10 Å². The molecule has 2 aliphatic rings. The molecule has 1 amide bonds. The summed E-state index contributed by atoms with van der Waals surface area (Å²) in [5.74, 6) is 3.14. The molecular formula is C20H28ClN5O. The molecule has 1 aromatic carbocycles. The average Bonchev–Trinajstić information content (AvgIpc) is 3.43. The van der Waals surface area contributed by atoms with Crippen molar-refractivity contribution in [2.24, 2.45) is 5.92 Å². The molecule has 0 spiro atoms. The number of carbonyl (C=O) groups is 1. The molecule has 6 nitrogen and oxygen atoms in total. The van der Waals surface area contributed by atoms with E-state index in [2.05, 4.69) is 20.5 Å². The Bertz CT molecular complexity index is 748. The highest BCUT2D eigenvalue weighted by Gasteiger charge is 2.27. The highest BCUT2D eigenvalue weighted by Crippen LogP contribution is 2.38. The van der Waals surface area contributed by atoms with Gasteiger partial charge in [0.1, 0.15) is 5.82 Å². The van der Waals surface area contributed by atoms with E-state index in [1.807, 2.05) is 36.2 Å². The molecule has 2 aromatic rings. The summed E-state index contributed by atoms with van der Waals surface area (Å²) in [5, 5.41) is 10.6.